The van der Waals surface area contributed by atoms with Crippen molar-refractivity contribution in [2.75, 3.05) is 19.0 Å². The molecule has 1 heterocycles. The van der Waals surface area contributed by atoms with Gasteiger partial charge in [-0.1, -0.05) is 24.3 Å². The lowest BCUT2D eigenvalue weighted by atomic mass is 10.4. The summed E-state index contributed by atoms with van der Waals surface area (Å²) in [5.41, 5.74) is 0. The van der Waals surface area contributed by atoms with Gasteiger partial charge in [0.1, 0.15) is 0 Å². The van der Waals surface area contributed by atoms with Gasteiger partial charge in [-0.05, 0) is 12.1 Å². The molecule has 0 N–H and O–H groups in total. The molecule has 1 saturated heterocycles. The van der Waals surface area contributed by atoms with Gasteiger partial charge in [-0.2, -0.15) is 0 Å². The summed E-state index contributed by atoms with van der Waals surface area (Å²) < 4.78 is 5.01. The molecule has 0 radical (unpaired) electrons. The lowest BCUT2D eigenvalue weighted by molar-refractivity contribution is -0.131. The molecule has 1 aromatic carbocycles. The monoisotopic (exact) mass is 249 g/mol. The standard InChI is InChI=1S/C13H15NO2S/c1-2-8-14(13(15)12-9-16-12)10-17-11-6-4-3-5-7-11/h2-7,12H,1,8-10H2. The van der Waals surface area contributed by atoms with Crippen molar-refractivity contribution < 1.29 is 9.53 Å². The third kappa shape index (κ3) is 3.61. The summed E-state index contributed by atoms with van der Waals surface area (Å²) in [5.74, 6) is 0.697. The van der Waals surface area contributed by atoms with Crippen LogP contribution in [0.2, 0.25) is 0 Å². The van der Waals surface area contributed by atoms with Crippen LogP contribution in [0.15, 0.2) is 47.9 Å². The molecule has 1 unspecified atom stereocenters. The number of hydrogen-bond donors (Lipinski definition) is 0. The van der Waals surface area contributed by atoms with Crippen LogP contribution in [0.4, 0.5) is 0 Å². The summed E-state index contributed by atoms with van der Waals surface area (Å²) in [6.07, 6.45) is 1.53. The molecule has 2 rings (SSSR count). The Morgan fingerprint density at radius 1 is 1.53 bits per heavy atom. The average Bonchev–Trinajstić information content (AvgIpc) is 3.19. The van der Waals surface area contributed by atoms with Crippen LogP contribution in [0.1, 0.15) is 0 Å². The van der Waals surface area contributed by atoms with Gasteiger partial charge in [0.05, 0.1) is 12.5 Å². The van der Waals surface area contributed by atoms with Gasteiger partial charge < -0.3 is 9.64 Å². The highest BCUT2D eigenvalue weighted by Gasteiger charge is 2.34. The first kappa shape index (κ1) is 12.2. The summed E-state index contributed by atoms with van der Waals surface area (Å²) in [6, 6.07) is 10.0. The molecule has 0 aromatic heterocycles. The lowest BCUT2D eigenvalue weighted by Gasteiger charge is -2.19. The van der Waals surface area contributed by atoms with Gasteiger partial charge in [-0.25, -0.2) is 0 Å². The normalized spacial score (nSPS) is 17.5. The van der Waals surface area contributed by atoms with E-state index in [1.165, 1.54) is 0 Å². The molecule has 17 heavy (non-hydrogen) atoms. The van der Waals surface area contributed by atoms with Gasteiger partial charge in [-0.15, -0.1) is 18.3 Å². The van der Waals surface area contributed by atoms with E-state index in [-0.39, 0.29) is 12.0 Å². The van der Waals surface area contributed by atoms with Crippen LogP contribution < -0.4 is 0 Å². The fourth-order valence-corrected chi connectivity index (χ4v) is 2.31. The number of amides is 1. The Labute approximate surface area is 105 Å². The van der Waals surface area contributed by atoms with E-state index in [1.807, 2.05) is 30.3 Å². The van der Waals surface area contributed by atoms with E-state index < -0.39 is 0 Å². The minimum Gasteiger partial charge on any atom is -0.363 e. The number of hydrogen-bond acceptors (Lipinski definition) is 3. The first-order valence-corrected chi connectivity index (χ1v) is 6.49. The second-order valence-corrected chi connectivity index (χ2v) is 4.78. The predicted molar refractivity (Wildman–Crippen MR) is 68.8 cm³/mol. The zero-order valence-corrected chi connectivity index (χ0v) is 10.4. The number of thioether (sulfide) groups is 1. The summed E-state index contributed by atoms with van der Waals surface area (Å²) >= 11 is 1.64. The van der Waals surface area contributed by atoms with E-state index in [1.54, 1.807) is 22.7 Å². The highest BCUT2D eigenvalue weighted by molar-refractivity contribution is 7.99. The van der Waals surface area contributed by atoms with E-state index in [0.717, 1.165) is 4.90 Å². The van der Waals surface area contributed by atoms with E-state index >= 15 is 0 Å². The second kappa shape index (κ2) is 5.89. The van der Waals surface area contributed by atoms with Crippen molar-refractivity contribution in [1.29, 1.82) is 0 Å². The second-order valence-electron chi connectivity index (χ2n) is 3.76. The Hall–Kier alpha value is -1.26. The molecule has 1 aromatic rings. The third-order valence-corrected chi connectivity index (χ3v) is 3.45. The number of benzene rings is 1. The highest BCUT2D eigenvalue weighted by atomic mass is 32.2. The average molecular weight is 249 g/mol. The summed E-state index contributed by atoms with van der Waals surface area (Å²) in [7, 11) is 0. The Morgan fingerprint density at radius 3 is 2.82 bits per heavy atom. The van der Waals surface area contributed by atoms with Gasteiger partial charge in [-0.3, -0.25) is 4.79 Å². The van der Waals surface area contributed by atoms with E-state index in [4.69, 9.17) is 4.74 Å². The maximum Gasteiger partial charge on any atom is 0.255 e. The predicted octanol–water partition coefficient (Wildman–Crippen LogP) is 2.15. The van der Waals surface area contributed by atoms with Crippen molar-refractivity contribution in [3.8, 4) is 0 Å². The minimum atomic E-state index is -0.216. The molecule has 0 bridgehead atoms. The molecule has 1 aliphatic rings. The smallest absolute Gasteiger partial charge is 0.255 e. The van der Waals surface area contributed by atoms with E-state index in [9.17, 15) is 4.79 Å². The third-order valence-electron chi connectivity index (χ3n) is 2.40. The molecule has 3 nitrogen and oxygen atoms in total. The molecular formula is C13H15NO2S. The minimum absolute atomic E-state index is 0.0633. The summed E-state index contributed by atoms with van der Waals surface area (Å²) in [6.45, 7) is 4.80. The number of carbonyl (C=O) groups is 1. The Morgan fingerprint density at radius 2 is 2.24 bits per heavy atom. The van der Waals surface area contributed by atoms with Crippen molar-refractivity contribution in [2.45, 2.75) is 11.0 Å². The van der Waals surface area contributed by atoms with Crippen molar-refractivity contribution in [3.63, 3.8) is 0 Å². The first-order chi connectivity index (χ1) is 8.31. The fraction of sp³-hybridized carbons (Fsp3) is 0.308. The first-order valence-electron chi connectivity index (χ1n) is 5.50. The van der Waals surface area contributed by atoms with Gasteiger partial charge in [0, 0.05) is 11.4 Å². The fourth-order valence-electron chi connectivity index (χ4n) is 1.43. The van der Waals surface area contributed by atoms with E-state index in [0.29, 0.717) is 19.0 Å². The molecule has 1 amide bonds. The number of nitrogens with zero attached hydrogens (tertiary/aromatic N) is 1. The Kier molecular flexibility index (Phi) is 4.23. The van der Waals surface area contributed by atoms with Crippen molar-refractivity contribution >= 4 is 17.7 Å². The van der Waals surface area contributed by atoms with Crippen LogP contribution in [0.5, 0.6) is 0 Å². The molecule has 1 aliphatic heterocycles. The van der Waals surface area contributed by atoms with E-state index in [2.05, 4.69) is 6.58 Å². The largest absolute Gasteiger partial charge is 0.363 e. The van der Waals surface area contributed by atoms with Crippen LogP contribution in [0, 0.1) is 0 Å². The topological polar surface area (TPSA) is 32.8 Å². The molecule has 90 valence electrons. The Bertz CT molecular complexity index is 390. The number of ether oxygens (including phenoxy) is 1. The molecule has 1 atom stereocenters. The van der Waals surface area contributed by atoms with Gasteiger partial charge in [0.15, 0.2) is 6.10 Å². The number of rotatable bonds is 6. The molecule has 0 saturated carbocycles. The number of epoxide rings is 1. The van der Waals surface area contributed by atoms with Crippen molar-refractivity contribution in [1.82, 2.24) is 4.90 Å². The van der Waals surface area contributed by atoms with Crippen LogP contribution in [0.25, 0.3) is 0 Å². The number of carbonyl (C=O) groups excluding carboxylic acids is 1. The van der Waals surface area contributed by atoms with Crippen LogP contribution in [-0.4, -0.2) is 35.9 Å². The molecular weight excluding hydrogens is 234 g/mol. The summed E-state index contributed by atoms with van der Waals surface area (Å²) in [5, 5.41) is 0. The molecule has 4 heteroatoms. The summed E-state index contributed by atoms with van der Waals surface area (Å²) in [4.78, 5) is 14.8. The lowest BCUT2D eigenvalue weighted by Crippen LogP contribution is -2.34. The SMILES string of the molecule is C=CCN(CSc1ccccc1)C(=O)C1CO1. The van der Waals surface area contributed by atoms with Gasteiger partial charge in [0.25, 0.3) is 5.91 Å². The van der Waals surface area contributed by atoms with Crippen LogP contribution in [-0.2, 0) is 9.53 Å². The van der Waals surface area contributed by atoms with Gasteiger partial charge >= 0.3 is 0 Å². The zero-order chi connectivity index (χ0) is 12.1. The van der Waals surface area contributed by atoms with Crippen molar-refractivity contribution in [2.24, 2.45) is 0 Å². The Balaban J connectivity index is 1.89. The highest BCUT2D eigenvalue weighted by Crippen LogP contribution is 2.20. The quantitative estimate of drug-likeness (QED) is 0.335. The van der Waals surface area contributed by atoms with Crippen LogP contribution in [0.3, 0.4) is 0 Å². The van der Waals surface area contributed by atoms with Gasteiger partial charge in [0.2, 0.25) is 0 Å². The molecule has 0 spiro atoms. The maximum absolute atomic E-state index is 11.9. The molecule has 0 aliphatic carbocycles. The van der Waals surface area contributed by atoms with Crippen molar-refractivity contribution in [3.05, 3.63) is 43.0 Å². The zero-order valence-electron chi connectivity index (χ0n) is 9.54. The maximum atomic E-state index is 11.9. The molecule has 1 fully saturated rings. The van der Waals surface area contributed by atoms with Crippen LogP contribution >= 0.6 is 11.8 Å².